The first-order chi connectivity index (χ1) is 27.3. The van der Waals surface area contributed by atoms with Gasteiger partial charge < -0.3 is 34.7 Å². The smallest absolute Gasteiger partial charge is 0.306 e. The summed E-state index contributed by atoms with van der Waals surface area (Å²) < 4.78 is 32.4. The van der Waals surface area contributed by atoms with E-state index in [0.29, 0.717) is 28.2 Å². The zero-order chi connectivity index (χ0) is 39.1. The molecule has 3 atom stereocenters. The second kappa shape index (κ2) is 16.8. The summed E-state index contributed by atoms with van der Waals surface area (Å²) in [6.45, 7) is -0.0444. The van der Waals surface area contributed by atoms with Gasteiger partial charge in [-0.1, -0.05) is 72.8 Å². The van der Waals surface area contributed by atoms with Gasteiger partial charge in [-0.05, 0) is 53.1 Å². The highest BCUT2D eigenvalue weighted by molar-refractivity contribution is 6.06. The molecule has 3 N–H and O–H groups in total. The average Bonchev–Trinajstić information content (AvgIpc) is 3.86. The van der Waals surface area contributed by atoms with Crippen molar-refractivity contribution < 1.29 is 38.1 Å². The van der Waals surface area contributed by atoms with Crippen LogP contribution in [0.3, 0.4) is 0 Å². The van der Waals surface area contributed by atoms with Gasteiger partial charge in [0.15, 0.2) is 17.0 Å². The van der Waals surface area contributed by atoms with Gasteiger partial charge in [0.25, 0.3) is 5.91 Å². The molecule has 14 heteroatoms. The number of nitrogens with one attached hydrogen (secondary N) is 1. The number of aromatic nitrogens is 4. The second-order valence-corrected chi connectivity index (χ2v) is 13.0. The van der Waals surface area contributed by atoms with Crippen molar-refractivity contribution in [1.29, 1.82) is 0 Å². The van der Waals surface area contributed by atoms with Gasteiger partial charge in [-0.3, -0.25) is 19.0 Å². The van der Waals surface area contributed by atoms with Crippen molar-refractivity contribution in [3.63, 3.8) is 0 Å². The number of esters is 1. The molecule has 4 aromatic carbocycles. The third kappa shape index (κ3) is 7.92. The van der Waals surface area contributed by atoms with Crippen molar-refractivity contribution in [2.45, 2.75) is 43.3 Å². The number of nitrogens with zero attached hydrogens (tertiary/aromatic N) is 4. The first-order valence-electron chi connectivity index (χ1n) is 17.9. The fourth-order valence-corrected chi connectivity index (χ4v) is 6.80. The zero-order valence-electron chi connectivity index (χ0n) is 30.7. The van der Waals surface area contributed by atoms with E-state index in [1.807, 2.05) is 84.9 Å². The number of ether oxygens (including phenoxy) is 5. The van der Waals surface area contributed by atoms with Crippen LogP contribution in [-0.2, 0) is 29.4 Å². The average molecular weight is 757 g/mol. The van der Waals surface area contributed by atoms with E-state index in [9.17, 15) is 14.4 Å². The van der Waals surface area contributed by atoms with Crippen molar-refractivity contribution in [1.82, 2.24) is 19.5 Å². The Balaban J connectivity index is 1.23. The minimum absolute atomic E-state index is 0.0444. The topological polar surface area (TPSA) is 179 Å². The van der Waals surface area contributed by atoms with Gasteiger partial charge in [0.2, 0.25) is 5.91 Å². The number of primary amides is 1. The molecule has 7 rings (SSSR count). The van der Waals surface area contributed by atoms with Gasteiger partial charge in [-0.25, -0.2) is 15.0 Å². The molecule has 1 saturated heterocycles. The predicted octanol–water partition coefficient (Wildman–Crippen LogP) is 5.57. The predicted molar refractivity (Wildman–Crippen MR) is 205 cm³/mol. The van der Waals surface area contributed by atoms with E-state index in [-0.39, 0.29) is 37.6 Å². The molecule has 0 unspecified atom stereocenters. The quantitative estimate of drug-likeness (QED) is 0.0989. The standard InChI is InChI=1S/C42H40N6O8/c1-52-31-17-13-29(14-18-31)42(28-11-7-4-8-12-28,30-15-19-32(53-2)20-16-30)54-24-34-33(56-37(50)22-21-35(43)49)23-36(55-34)48-26-46-38-39(44-25-45-40(38)48)47-41(51)27-9-5-3-6-10-27/h3-20,25-26,33-34,36H,21-24H2,1-2H3,(H2,43,49)(H,44,45,47,51)/t33-,34+,36+/m0/s1. The van der Waals surface area contributed by atoms with Crippen LogP contribution in [0.2, 0.25) is 0 Å². The van der Waals surface area contributed by atoms with E-state index in [4.69, 9.17) is 29.4 Å². The Bertz CT molecular complexity index is 2240. The molecular weight excluding hydrogens is 716 g/mol. The summed E-state index contributed by atoms with van der Waals surface area (Å²) in [5.41, 5.74) is 7.80. The van der Waals surface area contributed by atoms with Crippen molar-refractivity contribution in [3.05, 3.63) is 144 Å². The number of anilines is 1. The first kappa shape index (κ1) is 37.7. The summed E-state index contributed by atoms with van der Waals surface area (Å²) in [5, 5.41) is 2.82. The van der Waals surface area contributed by atoms with Crippen LogP contribution < -0.4 is 20.5 Å². The number of carbonyl (C=O) groups excluding carboxylic acids is 3. The fraction of sp³-hybridized carbons (Fsp3) is 0.238. The van der Waals surface area contributed by atoms with Gasteiger partial charge in [0.05, 0.1) is 33.6 Å². The molecule has 56 heavy (non-hydrogen) atoms. The number of fused-ring (bicyclic) bond motifs is 1. The number of methoxy groups -OCH3 is 2. The lowest BCUT2D eigenvalue weighted by atomic mass is 9.80. The number of carbonyl (C=O) groups is 3. The number of hydrogen-bond acceptors (Lipinski definition) is 11. The fourth-order valence-electron chi connectivity index (χ4n) is 6.80. The van der Waals surface area contributed by atoms with E-state index in [2.05, 4.69) is 20.3 Å². The summed E-state index contributed by atoms with van der Waals surface area (Å²) in [7, 11) is 3.21. The van der Waals surface area contributed by atoms with E-state index in [1.54, 1.807) is 49.4 Å². The van der Waals surface area contributed by atoms with Gasteiger partial charge in [0, 0.05) is 18.4 Å². The maximum absolute atomic E-state index is 13.1. The minimum atomic E-state index is -1.18. The van der Waals surface area contributed by atoms with E-state index in [0.717, 1.165) is 16.7 Å². The SMILES string of the molecule is COc1ccc(C(OC[C@H]2O[C@@H](n3cnc4c(NC(=O)c5ccccc5)ncnc43)C[C@@H]2OC(=O)CCC(N)=O)(c2ccccc2)c2ccc(OC)cc2)cc1. The van der Waals surface area contributed by atoms with Crippen molar-refractivity contribution >= 4 is 34.8 Å². The lowest BCUT2D eigenvalue weighted by Gasteiger charge is -2.37. The molecule has 1 aliphatic heterocycles. The highest BCUT2D eigenvalue weighted by atomic mass is 16.6. The molecule has 0 spiro atoms. The Morgan fingerprint density at radius 2 is 1.41 bits per heavy atom. The summed E-state index contributed by atoms with van der Waals surface area (Å²) in [6, 6.07) is 33.8. The van der Waals surface area contributed by atoms with Crippen LogP contribution in [0.4, 0.5) is 5.82 Å². The number of nitrogens with two attached hydrogens (primary N) is 1. The lowest BCUT2D eigenvalue weighted by Crippen LogP contribution is -2.39. The summed E-state index contributed by atoms with van der Waals surface area (Å²) in [6.07, 6.45) is 0.386. The van der Waals surface area contributed by atoms with Crippen LogP contribution in [0.15, 0.2) is 122 Å². The molecule has 14 nitrogen and oxygen atoms in total. The number of rotatable bonds is 15. The molecule has 1 fully saturated rings. The molecule has 2 amide bonds. The molecule has 0 bridgehead atoms. The number of amides is 2. The molecule has 286 valence electrons. The molecule has 2 aromatic heterocycles. The Hall–Kier alpha value is -6.64. The zero-order valence-corrected chi connectivity index (χ0v) is 30.7. The van der Waals surface area contributed by atoms with Crippen LogP contribution in [0.5, 0.6) is 11.5 Å². The van der Waals surface area contributed by atoms with E-state index >= 15 is 0 Å². The molecule has 0 saturated carbocycles. The summed E-state index contributed by atoms with van der Waals surface area (Å²) in [4.78, 5) is 50.9. The molecule has 0 radical (unpaired) electrons. The van der Waals surface area contributed by atoms with Crippen LogP contribution >= 0.6 is 0 Å². The normalized spacial score (nSPS) is 16.6. The maximum Gasteiger partial charge on any atom is 0.306 e. The minimum Gasteiger partial charge on any atom is -0.497 e. The molecule has 6 aromatic rings. The summed E-state index contributed by atoms with van der Waals surface area (Å²) >= 11 is 0. The van der Waals surface area contributed by atoms with Crippen LogP contribution in [-0.4, -0.2) is 70.3 Å². The number of imidazole rings is 1. The largest absolute Gasteiger partial charge is 0.497 e. The van der Waals surface area contributed by atoms with Gasteiger partial charge in [-0.15, -0.1) is 0 Å². The number of hydrogen-bond donors (Lipinski definition) is 2. The Kier molecular flexibility index (Phi) is 11.3. The molecule has 1 aliphatic rings. The van der Waals surface area contributed by atoms with Crippen LogP contribution in [0.1, 0.15) is 52.5 Å². The Morgan fingerprint density at radius 3 is 2.02 bits per heavy atom. The highest BCUT2D eigenvalue weighted by Crippen LogP contribution is 2.43. The highest BCUT2D eigenvalue weighted by Gasteiger charge is 2.44. The molecular formula is C42H40N6O8. The lowest BCUT2D eigenvalue weighted by molar-refractivity contribution is -0.156. The third-order valence-electron chi connectivity index (χ3n) is 9.61. The maximum atomic E-state index is 13.1. The second-order valence-electron chi connectivity index (χ2n) is 13.0. The van der Waals surface area contributed by atoms with Gasteiger partial charge in [0.1, 0.15) is 41.9 Å². The van der Waals surface area contributed by atoms with Crippen LogP contribution in [0.25, 0.3) is 11.2 Å². The molecule has 3 heterocycles. The van der Waals surface area contributed by atoms with Crippen LogP contribution in [0, 0.1) is 0 Å². The Morgan fingerprint density at radius 1 is 0.804 bits per heavy atom. The first-order valence-corrected chi connectivity index (χ1v) is 17.9. The van der Waals surface area contributed by atoms with E-state index in [1.165, 1.54) is 6.33 Å². The van der Waals surface area contributed by atoms with Crippen molar-refractivity contribution in [2.75, 3.05) is 26.1 Å². The Labute approximate surface area is 322 Å². The van der Waals surface area contributed by atoms with Crippen molar-refractivity contribution in [2.24, 2.45) is 5.73 Å². The van der Waals surface area contributed by atoms with Gasteiger partial charge in [-0.2, -0.15) is 0 Å². The number of benzene rings is 4. The molecule has 0 aliphatic carbocycles. The summed E-state index contributed by atoms with van der Waals surface area (Å²) in [5.74, 6) is -0.00117. The third-order valence-corrected chi connectivity index (χ3v) is 9.61. The monoisotopic (exact) mass is 756 g/mol. The van der Waals surface area contributed by atoms with Crippen molar-refractivity contribution in [3.8, 4) is 11.5 Å². The van der Waals surface area contributed by atoms with E-state index < -0.39 is 35.9 Å². The van der Waals surface area contributed by atoms with Gasteiger partial charge >= 0.3 is 5.97 Å².